The average Bonchev–Trinajstić information content (AvgIpc) is 2.98. The summed E-state index contributed by atoms with van der Waals surface area (Å²) in [7, 11) is 3.20. The summed E-state index contributed by atoms with van der Waals surface area (Å²) in [6.07, 6.45) is 1.06. The maximum atomic E-state index is 11.3. The minimum absolute atomic E-state index is 0.321. The van der Waals surface area contributed by atoms with Gasteiger partial charge in [0.15, 0.2) is 23.7 Å². The van der Waals surface area contributed by atoms with Crippen molar-refractivity contribution in [2.75, 3.05) is 20.8 Å². The lowest BCUT2D eigenvalue weighted by Gasteiger charge is -2.26. The van der Waals surface area contributed by atoms with Gasteiger partial charge in [0.25, 0.3) is 0 Å². The van der Waals surface area contributed by atoms with Crippen LogP contribution in [0.1, 0.15) is 5.56 Å². The van der Waals surface area contributed by atoms with Gasteiger partial charge in [-0.2, -0.15) is 0 Å². The molecule has 0 amide bonds. The second kappa shape index (κ2) is 6.84. The van der Waals surface area contributed by atoms with E-state index in [0.29, 0.717) is 41.7 Å². The number of fused-ring (bicyclic) bond motifs is 1. The van der Waals surface area contributed by atoms with Gasteiger partial charge in [0.05, 0.1) is 19.8 Å². The van der Waals surface area contributed by atoms with E-state index in [-0.39, 0.29) is 0 Å². The van der Waals surface area contributed by atoms with Crippen molar-refractivity contribution in [3.05, 3.63) is 53.3 Å². The molecule has 7 heteroatoms. The van der Waals surface area contributed by atoms with Gasteiger partial charge in [-0.05, 0) is 23.3 Å². The Balaban J connectivity index is 1.93. The summed E-state index contributed by atoms with van der Waals surface area (Å²) in [6, 6.07) is 5.74. The molecule has 0 aliphatic carbocycles. The number of hydrogen-bond donors (Lipinski definition) is 2. The van der Waals surface area contributed by atoms with Gasteiger partial charge in [0.2, 0.25) is 0 Å². The summed E-state index contributed by atoms with van der Waals surface area (Å²) in [5.74, 6) is 3.92. The molecule has 0 spiro atoms. The standard InChI is InChI=1S/C18H20N4O3/c1-4-12-9-22(17-16(12)13(10-23)20-18(19)21-17)8-11-5-6-14(24-2)15(7-11)25-3/h4-7,18,20H,1,8-9,19H2,2-3H3. The number of benzene rings is 1. The molecule has 1 atom stereocenters. The van der Waals surface area contributed by atoms with E-state index in [4.69, 9.17) is 15.2 Å². The smallest absolute Gasteiger partial charge is 0.174 e. The quantitative estimate of drug-likeness (QED) is 0.776. The van der Waals surface area contributed by atoms with Crippen molar-refractivity contribution >= 4 is 11.8 Å². The lowest BCUT2D eigenvalue weighted by molar-refractivity contribution is 0.353. The van der Waals surface area contributed by atoms with Gasteiger partial charge < -0.3 is 19.7 Å². The summed E-state index contributed by atoms with van der Waals surface area (Å²) >= 11 is 0. The van der Waals surface area contributed by atoms with E-state index < -0.39 is 6.29 Å². The fraction of sp³-hybridized carbons (Fsp3) is 0.278. The normalized spacial score (nSPS) is 19.0. The average molecular weight is 340 g/mol. The zero-order valence-electron chi connectivity index (χ0n) is 14.2. The minimum atomic E-state index is -0.674. The van der Waals surface area contributed by atoms with Crippen molar-refractivity contribution in [3.8, 4) is 11.5 Å². The van der Waals surface area contributed by atoms with E-state index in [1.54, 1.807) is 20.3 Å². The zero-order chi connectivity index (χ0) is 18.0. The highest BCUT2D eigenvalue weighted by Crippen LogP contribution is 2.32. The molecule has 0 bridgehead atoms. The fourth-order valence-electron chi connectivity index (χ4n) is 3.04. The summed E-state index contributed by atoms with van der Waals surface area (Å²) in [5, 5.41) is 2.83. The van der Waals surface area contributed by atoms with E-state index in [9.17, 15) is 4.79 Å². The molecule has 7 nitrogen and oxygen atoms in total. The highest BCUT2D eigenvalue weighted by atomic mass is 16.5. The Labute approximate surface area is 146 Å². The van der Waals surface area contributed by atoms with Crippen LogP contribution in [0.4, 0.5) is 0 Å². The van der Waals surface area contributed by atoms with Crippen molar-refractivity contribution in [1.82, 2.24) is 10.2 Å². The number of carbonyl (C=O) groups excluding carboxylic acids is 1. The summed E-state index contributed by atoms with van der Waals surface area (Å²) < 4.78 is 10.6. The lowest BCUT2D eigenvalue weighted by atomic mass is 10.1. The van der Waals surface area contributed by atoms with Crippen molar-refractivity contribution in [3.63, 3.8) is 0 Å². The van der Waals surface area contributed by atoms with Gasteiger partial charge in [0, 0.05) is 13.1 Å². The highest BCUT2D eigenvalue weighted by Gasteiger charge is 2.34. The first kappa shape index (κ1) is 16.8. The van der Waals surface area contributed by atoms with Crippen LogP contribution in [0.25, 0.3) is 0 Å². The van der Waals surface area contributed by atoms with Crippen LogP contribution < -0.4 is 20.5 Å². The SMILES string of the molecule is C=CC1=C2C(=C=O)NC(N)N=C2N(Cc2ccc(OC)c(OC)c2)C1. The molecule has 0 saturated heterocycles. The molecular formula is C18H20N4O3. The minimum Gasteiger partial charge on any atom is -0.493 e. The summed E-state index contributed by atoms with van der Waals surface area (Å²) in [6.45, 7) is 5.01. The van der Waals surface area contributed by atoms with Gasteiger partial charge in [-0.1, -0.05) is 18.7 Å². The predicted octanol–water partition coefficient (Wildman–Crippen LogP) is 0.961. The third kappa shape index (κ3) is 3.03. The Morgan fingerprint density at radius 1 is 1.44 bits per heavy atom. The Hall–Kier alpha value is -3.02. The molecule has 2 heterocycles. The first-order chi connectivity index (χ1) is 12.1. The molecule has 1 unspecified atom stereocenters. The van der Waals surface area contributed by atoms with Crippen molar-refractivity contribution < 1.29 is 14.3 Å². The second-order valence-corrected chi connectivity index (χ2v) is 5.67. The zero-order valence-corrected chi connectivity index (χ0v) is 14.2. The van der Waals surface area contributed by atoms with Gasteiger partial charge >= 0.3 is 0 Å². The number of nitrogens with zero attached hydrogens (tertiary/aromatic N) is 2. The molecule has 1 aromatic carbocycles. The number of nitrogens with two attached hydrogens (primary N) is 1. The van der Waals surface area contributed by atoms with Gasteiger partial charge in [-0.25, -0.2) is 9.79 Å². The van der Waals surface area contributed by atoms with Crippen LogP contribution in [0.5, 0.6) is 11.5 Å². The van der Waals surface area contributed by atoms with Crippen LogP contribution in [0.2, 0.25) is 0 Å². The van der Waals surface area contributed by atoms with E-state index in [0.717, 1.165) is 11.1 Å². The monoisotopic (exact) mass is 340 g/mol. The molecular weight excluding hydrogens is 320 g/mol. The van der Waals surface area contributed by atoms with Gasteiger partial charge in [-0.15, -0.1) is 0 Å². The molecule has 25 heavy (non-hydrogen) atoms. The van der Waals surface area contributed by atoms with Crippen molar-refractivity contribution in [2.24, 2.45) is 10.7 Å². The Kier molecular flexibility index (Phi) is 4.61. The molecule has 2 aliphatic rings. The number of rotatable bonds is 5. The molecule has 1 aromatic rings. The van der Waals surface area contributed by atoms with Crippen LogP contribution in [0.15, 0.2) is 52.7 Å². The van der Waals surface area contributed by atoms with E-state index in [1.807, 2.05) is 29.0 Å². The second-order valence-electron chi connectivity index (χ2n) is 5.67. The number of aliphatic imine (C=N–C) groups is 1. The Morgan fingerprint density at radius 2 is 2.20 bits per heavy atom. The lowest BCUT2D eigenvalue weighted by Crippen LogP contribution is -2.44. The fourth-order valence-corrected chi connectivity index (χ4v) is 3.04. The van der Waals surface area contributed by atoms with Crippen molar-refractivity contribution in [2.45, 2.75) is 12.8 Å². The van der Waals surface area contributed by atoms with E-state index in [2.05, 4.69) is 16.9 Å². The van der Waals surface area contributed by atoms with Crippen LogP contribution in [-0.4, -0.2) is 43.7 Å². The van der Waals surface area contributed by atoms with Crippen LogP contribution in [0, 0.1) is 0 Å². The van der Waals surface area contributed by atoms with Crippen LogP contribution >= 0.6 is 0 Å². The molecule has 0 saturated carbocycles. The van der Waals surface area contributed by atoms with Gasteiger partial charge in [-0.3, -0.25) is 5.73 Å². The number of ether oxygens (including phenoxy) is 2. The molecule has 2 aliphatic heterocycles. The highest BCUT2D eigenvalue weighted by molar-refractivity contribution is 6.08. The van der Waals surface area contributed by atoms with E-state index >= 15 is 0 Å². The topological polar surface area (TPSA) is 89.2 Å². The van der Waals surface area contributed by atoms with E-state index in [1.165, 1.54) is 0 Å². The first-order valence-corrected chi connectivity index (χ1v) is 7.78. The predicted molar refractivity (Wildman–Crippen MR) is 94.9 cm³/mol. The third-order valence-electron chi connectivity index (χ3n) is 4.18. The largest absolute Gasteiger partial charge is 0.493 e. The van der Waals surface area contributed by atoms with Crippen molar-refractivity contribution in [1.29, 1.82) is 0 Å². The summed E-state index contributed by atoms with van der Waals surface area (Å²) in [5.41, 5.74) is 8.85. The molecule has 130 valence electrons. The molecule has 0 radical (unpaired) electrons. The van der Waals surface area contributed by atoms with Crippen LogP contribution in [0.3, 0.4) is 0 Å². The van der Waals surface area contributed by atoms with Gasteiger partial charge in [0.1, 0.15) is 11.5 Å². The molecule has 0 aromatic heterocycles. The maximum Gasteiger partial charge on any atom is 0.174 e. The van der Waals surface area contributed by atoms with Crippen LogP contribution in [-0.2, 0) is 11.3 Å². The number of hydrogen-bond acceptors (Lipinski definition) is 7. The molecule has 0 fully saturated rings. The molecule has 3 rings (SSSR count). The number of nitrogens with one attached hydrogen (secondary N) is 1. The first-order valence-electron chi connectivity index (χ1n) is 7.78. The Bertz CT molecular complexity index is 822. The third-order valence-corrected chi connectivity index (χ3v) is 4.18. The Morgan fingerprint density at radius 3 is 2.84 bits per heavy atom. The molecule has 3 N–H and O–H groups in total. The maximum absolute atomic E-state index is 11.3. The summed E-state index contributed by atoms with van der Waals surface area (Å²) in [4.78, 5) is 17.8. The number of methoxy groups -OCH3 is 2. The number of amidine groups is 1.